The monoisotopic (exact) mass is 250 g/mol. The van der Waals surface area contributed by atoms with Gasteiger partial charge in [-0.05, 0) is 43.9 Å². The van der Waals surface area contributed by atoms with E-state index in [-0.39, 0.29) is 5.82 Å². The molecule has 0 aliphatic carbocycles. The maximum absolute atomic E-state index is 12.8. The summed E-state index contributed by atoms with van der Waals surface area (Å²) in [6, 6.07) is 7.55. The molecule has 1 heterocycles. The summed E-state index contributed by atoms with van der Waals surface area (Å²) in [5, 5.41) is 3.38. The zero-order valence-corrected chi connectivity index (χ0v) is 11.2. The van der Waals surface area contributed by atoms with Crippen molar-refractivity contribution < 1.29 is 4.39 Å². The second-order valence-electron chi connectivity index (χ2n) is 5.15. The van der Waals surface area contributed by atoms with Gasteiger partial charge < -0.3 is 5.32 Å². The van der Waals surface area contributed by atoms with Crippen LogP contribution in [0.5, 0.6) is 0 Å². The molecule has 0 bridgehead atoms. The Morgan fingerprint density at radius 2 is 1.89 bits per heavy atom. The minimum atomic E-state index is -0.145. The highest BCUT2D eigenvalue weighted by Gasteiger charge is 2.15. The van der Waals surface area contributed by atoms with Crippen molar-refractivity contribution in [1.29, 1.82) is 0 Å². The topological polar surface area (TPSA) is 15.3 Å². The van der Waals surface area contributed by atoms with Crippen LogP contribution in [0.2, 0.25) is 0 Å². The summed E-state index contributed by atoms with van der Waals surface area (Å²) >= 11 is 0. The van der Waals surface area contributed by atoms with E-state index >= 15 is 0 Å². The van der Waals surface area contributed by atoms with Gasteiger partial charge in [-0.1, -0.05) is 12.1 Å². The number of hydrogen-bond acceptors (Lipinski definition) is 2. The Kier molecular flexibility index (Phi) is 5.14. The van der Waals surface area contributed by atoms with E-state index in [1.54, 1.807) is 12.1 Å². The highest BCUT2D eigenvalue weighted by molar-refractivity contribution is 5.15. The zero-order valence-electron chi connectivity index (χ0n) is 11.2. The maximum Gasteiger partial charge on any atom is 0.123 e. The minimum absolute atomic E-state index is 0.145. The first-order valence-corrected chi connectivity index (χ1v) is 6.95. The first-order valence-electron chi connectivity index (χ1n) is 6.95. The van der Waals surface area contributed by atoms with Crippen molar-refractivity contribution >= 4 is 0 Å². The summed E-state index contributed by atoms with van der Waals surface area (Å²) in [5.41, 5.74) is 1.24. The molecule has 3 heteroatoms. The largest absolute Gasteiger partial charge is 0.314 e. The molecule has 2 nitrogen and oxygen atoms in total. The molecule has 18 heavy (non-hydrogen) atoms. The predicted octanol–water partition coefficient (Wildman–Crippen LogP) is 2.44. The van der Waals surface area contributed by atoms with Gasteiger partial charge in [0.15, 0.2) is 0 Å². The number of aryl methyl sites for hydroxylation is 1. The van der Waals surface area contributed by atoms with E-state index in [0.29, 0.717) is 6.04 Å². The van der Waals surface area contributed by atoms with Crippen LogP contribution < -0.4 is 5.32 Å². The Morgan fingerprint density at radius 3 is 2.56 bits per heavy atom. The first kappa shape index (κ1) is 13.5. The number of nitrogens with one attached hydrogen (secondary N) is 1. The van der Waals surface area contributed by atoms with Crippen LogP contribution in [0, 0.1) is 5.82 Å². The lowest BCUT2D eigenvalue weighted by atomic mass is 10.0. The lowest BCUT2D eigenvalue weighted by Gasteiger charge is -2.32. The van der Waals surface area contributed by atoms with Crippen molar-refractivity contribution in [2.24, 2.45) is 0 Å². The SMILES string of the molecule is CC(CCCc1ccc(F)cc1)N1CCNCC1. The van der Waals surface area contributed by atoms with Gasteiger partial charge >= 0.3 is 0 Å². The third kappa shape index (κ3) is 4.07. The molecule has 100 valence electrons. The molecule has 1 aliphatic heterocycles. The van der Waals surface area contributed by atoms with Gasteiger partial charge in [0, 0.05) is 32.2 Å². The minimum Gasteiger partial charge on any atom is -0.314 e. The second-order valence-corrected chi connectivity index (χ2v) is 5.15. The third-order valence-corrected chi connectivity index (χ3v) is 3.78. The van der Waals surface area contributed by atoms with Crippen LogP contribution in [0.1, 0.15) is 25.3 Å². The average molecular weight is 250 g/mol. The standard InChI is InChI=1S/C15H23FN2/c1-13(18-11-9-17-10-12-18)3-2-4-14-5-7-15(16)8-6-14/h5-8,13,17H,2-4,9-12H2,1H3. The molecule has 2 rings (SSSR count). The lowest BCUT2D eigenvalue weighted by Crippen LogP contribution is -2.47. The summed E-state index contributed by atoms with van der Waals surface area (Å²) in [4.78, 5) is 2.56. The van der Waals surface area contributed by atoms with E-state index in [4.69, 9.17) is 0 Å². The van der Waals surface area contributed by atoms with E-state index < -0.39 is 0 Å². The number of rotatable bonds is 5. The fourth-order valence-electron chi connectivity index (χ4n) is 2.56. The average Bonchev–Trinajstić information content (AvgIpc) is 2.42. The fraction of sp³-hybridized carbons (Fsp3) is 0.600. The lowest BCUT2D eigenvalue weighted by molar-refractivity contribution is 0.174. The molecule has 0 saturated carbocycles. The molecule has 1 saturated heterocycles. The Morgan fingerprint density at radius 1 is 1.22 bits per heavy atom. The number of hydrogen-bond donors (Lipinski definition) is 1. The summed E-state index contributed by atoms with van der Waals surface area (Å²) in [6.07, 6.45) is 3.45. The van der Waals surface area contributed by atoms with E-state index in [9.17, 15) is 4.39 Å². The van der Waals surface area contributed by atoms with Crippen molar-refractivity contribution in [3.63, 3.8) is 0 Å². The summed E-state index contributed by atoms with van der Waals surface area (Å²) in [7, 11) is 0. The molecule has 1 fully saturated rings. The zero-order chi connectivity index (χ0) is 12.8. The van der Waals surface area contributed by atoms with Gasteiger partial charge in [0.1, 0.15) is 5.82 Å². The molecule has 0 spiro atoms. The van der Waals surface area contributed by atoms with E-state index in [2.05, 4.69) is 17.1 Å². The van der Waals surface area contributed by atoms with Crippen molar-refractivity contribution in [2.45, 2.75) is 32.2 Å². The molecule has 1 unspecified atom stereocenters. The first-order chi connectivity index (χ1) is 8.75. The van der Waals surface area contributed by atoms with Gasteiger partial charge in [0.25, 0.3) is 0 Å². The Hall–Kier alpha value is -0.930. The van der Waals surface area contributed by atoms with Gasteiger partial charge in [-0.15, -0.1) is 0 Å². The summed E-state index contributed by atoms with van der Waals surface area (Å²) in [5.74, 6) is -0.145. The summed E-state index contributed by atoms with van der Waals surface area (Å²) < 4.78 is 12.8. The molecular formula is C15H23FN2. The van der Waals surface area contributed by atoms with Gasteiger partial charge in [-0.3, -0.25) is 4.90 Å². The smallest absolute Gasteiger partial charge is 0.123 e. The highest BCUT2D eigenvalue weighted by Crippen LogP contribution is 2.12. The molecule has 1 aliphatic rings. The van der Waals surface area contributed by atoms with Crippen LogP contribution >= 0.6 is 0 Å². The van der Waals surface area contributed by atoms with Crippen molar-refractivity contribution in [3.05, 3.63) is 35.6 Å². The number of nitrogens with zero attached hydrogens (tertiary/aromatic N) is 1. The van der Waals surface area contributed by atoms with E-state index in [1.807, 2.05) is 12.1 Å². The Balaban J connectivity index is 1.69. The maximum atomic E-state index is 12.8. The van der Waals surface area contributed by atoms with Crippen molar-refractivity contribution in [1.82, 2.24) is 10.2 Å². The van der Waals surface area contributed by atoms with Gasteiger partial charge in [0.05, 0.1) is 0 Å². The normalized spacial score (nSPS) is 18.8. The molecule has 1 atom stereocenters. The number of benzene rings is 1. The second kappa shape index (κ2) is 6.86. The molecule has 0 amide bonds. The highest BCUT2D eigenvalue weighted by atomic mass is 19.1. The van der Waals surface area contributed by atoms with Crippen LogP contribution in [-0.4, -0.2) is 37.1 Å². The van der Waals surface area contributed by atoms with Crippen LogP contribution in [0.4, 0.5) is 4.39 Å². The molecule has 0 radical (unpaired) electrons. The van der Waals surface area contributed by atoms with Crippen molar-refractivity contribution in [3.8, 4) is 0 Å². The summed E-state index contributed by atoms with van der Waals surface area (Å²) in [6.45, 7) is 6.87. The predicted molar refractivity (Wildman–Crippen MR) is 73.2 cm³/mol. The fourth-order valence-corrected chi connectivity index (χ4v) is 2.56. The quantitative estimate of drug-likeness (QED) is 0.863. The molecular weight excluding hydrogens is 227 g/mol. The number of halogens is 1. The van der Waals surface area contributed by atoms with Gasteiger partial charge in [0.2, 0.25) is 0 Å². The van der Waals surface area contributed by atoms with Crippen LogP contribution in [-0.2, 0) is 6.42 Å². The van der Waals surface area contributed by atoms with Gasteiger partial charge in [-0.2, -0.15) is 0 Å². The van der Waals surface area contributed by atoms with E-state index in [0.717, 1.165) is 32.6 Å². The van der Waals surface area contributed by atoms with Crippen molar-refractivity contribution in [2.75, 3.05) is 26.2 Å². The Labute approximate surface area is 109 Å². The van der Waals surface area contributed by atoms with E-state index in [1.165, 1.54) is 18.4 Å². The molecule has 1 N–H and O–H groups in total. The van der Waals surface area contributed by atoms with Crippen LogP contribution in [0.3, 0.4) is 0 Å². The number of piperazine rings is 1. The molecule has 0 aromatic heterocycles. The molecule has 1 aromatic rings. The molecule has 1 aromatic carbocycles. The third-order valence-electron chi connectivity index (χ3n) is 3.78. The van der Waals surface area contributed by atoms with Crippen LogP contribution in [0.15, 0.2) is 24.3 Å². The van der Waals surface area contributed by atoms with Gasteiger partial charge in [-0.25, -0.2) is 4.39 Å². The Bertz CT molecular complexity index is 344. The van der Waals surface area contributed by atoms with Crippen LogP contribution in [0.25, 0.3) is 0 Å².